The maximum atomic E-state index is 2.45. The number of benzene rings is 1. The van der Waals surface area contributed by atoms with E-state index in [9.17, 15) is 0 Å². The number of hydrogen-bond acceptors (Lipinski definition) is 1. The first kappa shape index (κ1) is 11.8. The molecule has 0 amide bonds. The number of likely N-dealkylation sites (N-methyl/N-ethyl adjacent to an activating group) is 1. The van der Waals surface area contributed by atoms with Crippen LogP contribution in [0.5, 0.6) is 0 Å². The van der Waals surface area contributed by atoms with Gasteiger partial charge in [-0.15, -0.1) is 0 Å². The molecule has 1 aromatic heterocycles. The Hall–Kier alpha value is -1.28. The Bertz CT molecular complexity index is 587. The van der Waals surface area contributed by atoms with Gasteiger partial charge in [0.1, 0.15) is 0 Å². The van der Waals surface area contributed by atoms with Crippen LogP contribution in [0.3, 0.4) is 0 Å². The summed E-state index contributed by atoms with van der Waals surface area (Å²) in [6, 6.07) is 6.75. The van der Waals surface area contributed by atoms with Crippen LogP contribution >= 0.6 is 0 Å². The van der Waals surface area contributed by atoms with Crippen molar-refractivity contribution in [1.82, 2.24) is 9.47 Å². The van der Waals surface area contributed by atoms with Crippen molar-refractivity contribution in [2.45, 2.75) is 39.3 Å². The van der Waals surface area contributed by atoms with Crippen molar-refractivity contribution < 1.29 is 0 Å². The van der Waals surface area contributed by atoms with Gasteiger partial charge in [0.2, 0.25) is 0 Å². The second-order valence-electron chi connectivity index (χ2n) is 6.54. The molecule has 0 bridgehead atoms. The Morgan fingerprint density at radius 2 is 1.89 bits per heavy atom. The molecule has 18 heavy (non-hydrogen) atoms. The van der Waals surface area contributed by atoms with Gasteiger partial charge in [0.05, 0.1) is 5.52 Å². The highest BCUT2D eigenvalue weighted by atomic mass is 15.1. The van der Waals surface area contributed by atoms with Crippen molar-refractivity contribution >= 4 is 10.9 Å². The standard InChI is InChI=1S/C16H22N2/c1-16(2,3)14-11-18-9-8-17(4)10-12-6-5-7-13(14)15(12)18/h5-7,11H,8-10H2,1-4H3. The largest absolute Gasteiger partial charge is 0.346 e. The van der Waals surface area contributed by atoms with E-state index >= 15 is 0 Å². The van der Waals surface area contributed by atoms with Crippen LogP contribution in [0.25, 0.3) is 10.9 Å². The third-order valence-corrected chi connectivity index (χ3v) is 3.95. The molecular formula is C16H22N2. The van der Waals surface area contributed by atoms with Crippen molar-refractivity contribution in [2.75, 3.05) is 13.6 Å². The van der Waals surface area contributed by atoms with Crippen LogP contribution in [-0.4, -0.2) is 23.1 Å². The van der Waals surface area contributed by atoms with E-state index in [2.05, 4.69) is 61.7 Å². The van der Waals surface area contributed by atoms with Crippen molar-refractivity contribution in [1.29, 1.82) is 0 Å². The summed E-state index contributed by atoms with van der Waals surface area (Å²) in [4.78, 5) is 2.40. The summed E-state index contributed by atoms with van der Waals surface area (Å²) < 4.78 is 2.45. The molecule has 0 saturated heterocycles. The fraction of sp³-hybridized carbons (Fsp3) is 0.500. The third-order valence-electron chi connectivity index (χ3n) is 3.95. The molecule has 0 unspecified atom stereocenters. The van der Waals surface area contributed by atoms with Crippen molar-refractivity contribution in [3.63, 3.8) is 0 Å². The first-order chi connectivity index (χ1) is 8.47. The van der Waals surface area contributed by atoms with E-state index in [0.29, 0.717) is 0 Å². The quantitative estimate of drug-likeness (QED) is 0.687. The van der Waals surface area contributed by atoms with Crippen LogP contribution < -0.4 is 0 Å². The maximum Gasteiger partial charge on any atom is 0.0529 e. The summed E-state index contributed by atoms with van der Waals surface area (Å²) in [7, 11) is 2.20. The second kappa shape index (κ2) is 3.86. The zero-order valence-corrected chi connectivity index (χ0v) is 11.8. The molecule has 0 N–H and O–H groups in total. The van der Waals surface area contributed by atoms with E-state index in [1.54, 1.807) is 0 Å². The van der Waals surface area contributed by atoms with Gasteiger partial charge < -0.3 is 9.47 Å². The zero-order chi connectivity index (χ0) is 12.9. The minimum Gasteiger partial charge on any atom is -0.346 e. The fourth-order valence-corrected chi connectivity index (χ4v) is 2.99. The monoisotopic (exact) mass is 242 g/mol. The summed E-state index contributed by atoms with van der Waals surface area (Å²) in [6.07, 6.45) is 2.37. The molecule has 1 aliphatic rings. The first-order valence-electron chi connectivity index (χ1n) is 6.76. The second-order valence-corrected chi connectivity index (χ2v) is 6.54. The maximum absolute atomic E-state index is 2.45. The number of rotatable bonds is 0. The van der Waals surface area contributed by atoms with E-state index in [1.807, 2.05) is 0 Å². The van der Waals surface area contributed by atoms with Gasteiger partial charge in [-0.05, 0) is 23.6 Å². The van der Waals surface area contributed by atoms with E-state index in [4.69, 9.17) is 0 Å². The van der Waals surface area contributed by atoms with Gasteiger partial charge in [-0.25, -0.2) is 0 Å². The lowest BCUT2D eigenvalue weighted by molar-refractivity contribution is 0.322. The molecule has 96 valence electrons. The van der Waals surface area contributed by atoms with Crippen LogP contribution in [0.2, 0.25) is 0 Å². The molecule has 0 aliphatic carbocycles. The van der Waals surface area contributed by atoms with E-state index in [0.717, 1.165) is 19.6 Å². The summed E-state index contributed by atoms with van der Waals surface area (Å²) in [5.74, 6) is 0. The zero-order valence-electron chi connectivity index (χ0n) is 11.8. The smallest absolute Gasteiger partial charge is 0.0529 e. The highest BCUT2D eigenvalue weighted by Crippen LogP contribution is 2.34. The van der Waals surface area contributed by atoms with Crippen molar-refractivity contribution in [3.8, 4) is 0 Å². The molecule has 2 heterocycles. The van der Waals surface area contributed by atoms with Crippen molar-refractivity contribution in [3.05, 3.63) is 35.5 Å². The molecule has 2 nitrogen and oxygen atoms in total. The lowest BCUT2D eigenvalue weighted by Crippen LogP contribution is -2.20. The van der Waals surface area contributed by atoms with Gasteiger partial charge in [-0.1, -0.05) is 39.0 Å². The Balaban J connectivity index is 2.30. The van der Waals surface area contributed by atoms with E-state index in [-0.39, 0.29) is 5.41 Å². The van der Waals surface area contributed by atoms with Gasteiger partial charge in [-0.2, -0.15) is 0 Å². The van der Waals surface area contributed by atoms with Gasteiger partial charge in [-0.3, -0.25) is 0 Å². The number of nitrogens with zero attached hydrogens (tertiary/aromatic N) is 2. The van der Waals surface area contributed by atoms with Crippen LogP contribution in [0.4, 0.5) is 0 Å². The Labute approximate surface area is 109 Å². The number of hydrogen-bond donors (Lipinski definition) is 0. The lowest BCUT2D eigenvalue weighted by Gasteiger charge is -2.18. The first-order valence-corrected chi connectivity index (χ1v) is 6.76. The van der Waals surface area contributed by atoms with Gasteiger partial charge >= 0.3 is 0 Å². The lowest BCUT2D eigenvalue weighted by atomic mass is 9.86. The Morgan fingerprint density at radius 3 is 2.61 bits per heavy atom. The van der Waals surface area contributed by atoms with Gasteiger partial charge in [0.15, 0.2) is 0 Å². The molecule has 2 aromatic rings. The summed E-state index contributed by atoms with van der Waals surface area (Å²) in [5.41, 5.74) is 4.60. The molecule has 0 atom stereocenters. The average molecular weight is 242 g/mol. The Kier molecular flexibility index (Phi) is 2.53. The molecule has 3 rings (SSSR count). The van der Waals surface area contributed by atoms with Crippen LogP contribution in [0.1, 0.15) is 31.9 Å². The minimum atomic E-state index is 0.215. The Morgan fingerprint density at radius 1 is 1.11 bits per heavy atom. The topological polar surface area (TPSA) is 8.17 Å². The molecule has 0 fully saturated rings. The fourth-order valence-electron chi connectivity index (χ4n) is 2.99. The summed E-state index contributed by atoms with van der Waals surface area (Å²) in [6.45, 7) is 10.2. The molecule has 0 saturated carbocycles. The molecule has 1 aromatic carbocycles. The van der Waals surface area contributed by atoms with Crippen LogP contribution in [-0.2, 0) is 18.5 Å². The van der Waals surface area contributed by atoms with Crippen LogP contribution in [0.15, 0.2) is 24.4 Å². The minimum absolute atomic E-state index is 0.215. The van der Waals surface area contributed by atoms with E-state index < -0.39 is 0 Å². The summed E-state index contributed by atoms with van der Waals surface area (Å²) >= 11 is 0. The highest BCUT2D eigenvalue weighted by molar-refractivity contribution is 5.88. The predicted octanol–water partition coefficient (Wildman–Crippen LogP) is 3.38. The van der Waals surface area contributed by atoms with Crippen molar-refractivity contribution in [2.24, 2.45) is 0 Å². The normalized spacial score (nSPS) is 17.1. The number of para-hydroxylation sites is 1. The van der Waals surface area contributed by atoms with E-state index in [1.165, 1.54) is 22.0 Å². The average Bonchev–Trinajstić information content (AvgIpc) is 2.57. The predicted molar refractivity (Wildman–Crippen MR) is 77.0 cm³/mol. The molecular weight excluding hydrogens is 220 g/mol. The highest BCUT2D eigenvalue weighted by Gasteiger charge is 2.23. The van der Waals surface area contributed by atoms with Crippen LogP contribution in [0, 0.1) is 0 Å². The molecule has 0 radical (unpaired) electrons. The molecule has 2 heteroatoms. The SMILES string of the molecule is CN1CCn2cc(C(C)(C)C)c3cccc(c32)C1. The third kappa shape index (κ3) is 1.76. The van der Waals surface area contributed by atoms with Gasteiger partial charge in [0, 0.05) is 31.2 Å². The molecule has 0 spiro atoms. The number of aromatic nitrogens is 1. The molecule has 1 aliphatic heterocycles. The summed E-state index contributed by atoms with van der Waals surface area (Å²) in [5, 5.41) is 1.44. The van der Waals surface area contributed by atoms with Gasteiger partial charge in [0.25, 0.3) is 0 Å².